The number of aliphatic hydroxyl groups is 1. The van der Waals surface area contributed by atoms with Crippen molar-refractivity contribution < 1.29 is 14.4 Å². The molecule has 0 amide bonds. The molecule has 0 saturated carbocycles. The predicted molar refractivity (Wildman–Crippen MR) is 158 cm³/mol. The van der Waals surface area contributed by atoms with E-state index >= 15 is 0 Å². The molecular weight excluding hydrogens is 528 g/mol. The number of nitrogens with zero attached hydrogens (tertiary/aromatic N) is 5. The van der Waals surface area contributed by atoms with Crippen molar-refractivity contribution in [2.24, 2.45) is 0 Å². The molecule has 2 N–H and O–H groups in total. The molecule has 1 atom stereocenters. The van der Waals surface area contributed by atoms with Crippen LogP contribution in [0.3, 0.4) is 0 Å². The lowest BCUT2D eigenvalue weighted by molar-refractivity contribution is 0.108. The number of likely N-dealkylation sites (N-methyl/N-ethyl adjacent to an activating group) is 1. The lowest BCUT2D eigenvalue weighted by atomic mass is 10.0. The van der Waals surface area contributed by atoms with Gasteiger partial charge in [-0.05, 0) is 77.9 Å². The van der Waals surface area contributed by atoms with E-state index in [0.717, 1.165) is 54.5 Å². The first-order valence-electron chi connectivity index (χ1n) is 13.7. The summed E-state index contributed by atoms with van der Waals surface area (Å²) in [4.78, 5) is 15.0. The summed E-state index contributed by atoms with van der Waals surface area (Å²) in [6.45, 7) is 16.9. The van der Waals surface area contributed by atoms with E-state index in [1.807, 2.05) is 19.9 Å². The third kappa shape index (κ3) is 5.61. The number of halogens is 1. The van der Waals surface area contributed by atoms with Crippen LogP contribution < -0.4 is 15.0 Å². The zero-order chi connectivity index (χ0) is 28.8. The van der Waals surface area contributed by atoms with Crippen molar-refractivity contribution in [2.75, 3.05) is 51.3 Å². The van der Waals surface area contributed by atoms with Crippen LogP contribution in [0.5, 0.6) is 5.75 Å². The molecule has 214 valence electrons. The van der Waals surface area contributed by atoms with Crippen molar-refractivity contribution in [2.45, 2.75) is 53.2 Å². The summed E-state index contributed by atoms with van der Waals surface area (Å²) in [6.07, 6.45) is -0.628. The van der Waals surface area contributed by atoms with E-state index in [4.69, 9.17) is 30.8 Å². The van der Waals surface area contributed by atoms with Crippen LogP contribution in [0, 0.1) is 20.8 Å². The quantitative estimate of drug-likeness (QED) is 0.380. The van der Waals surface area contributed by atoms with Gasteiger partial charge < -0.3 is 24.6 Å². The van der Waals surface area contributed by atoms with E-state index in [1.54, 1.807) is 19.2 Å². The molecule has 0 radical (unpaired) electrons. The Balaban J connectivity index is 1.53. The Morgan fingerprint density at radius 3 is 2.40 bits per heavy atom. The molecule has 2 aliphatic rings. The summed E-state index contributed by atoms with van der Waals surface area (Å²) in [5.41, 5.74) is 7.16. The van der Waals surface area contributed by atoms with Gasteiger partial charge in [0.1, 0.15) is 30.0 Å². The monoisotopic (exact) mass is 566 g/mol. The van der Waals surface area contributed by atoms with E-state index in [0.29, 0.717) is 34.5 Å². The second kappa shape index (κ2) is 11.1. The first kappa shape index (κ1) is 28.5. The number of hydrogen-bond donors (Lipinski definition) is 2. The van der Waals surface area contributed by atoms with Gasteiger partial charge in [-0.25, -0.2) is 9.97 Å². The van der Waals surface area contributed by atoms with Gasteiger partial charge in [-0.3, -0.25) is 4.90 Å². The fraction of sp³-hybridized carbons (Fsp3) is 0.500. The maximum absolute atomic E-state index is 10.1. The normalized spacial score (nSPS) is 16.7. The van der Waals surface area contributed by atoms with Crippen LogP contribution in [0.2, 0.25) is 5.02 Å². The Labute approximate surface area is 241 Å². The lowest BCUT2D eigenvalue weighted by Gasteiger charge is -2.34. The van der Waals surface area contributed by atoms with Crippen LogP contribution in [0.1, 0.15) is 37.8 Å². The summed E-state index contributed by atoms with van der Waals surface area (Å²) in [5.74, 6) is 2.68. The third-order valence-electron chi connectivity index (χ3n) is 7.73. The van der Waals surface area contributed by atoms with E-state index in [1.165, 1.54) is 11.1 Å². The topological polar surface area (TPSA) is 99.8 Å². The Morgan fingerprint density at radius 1 is 1.10 bits per heavy atom. The number of aromatic nitrogens is 3. The molecule has 0 spiro atoms. The Kier molecular flexibility index (Phi) is 7.94. The minimum absolute atomic E-state index is 0.136. The number of nitrogens with one attached hydrogen (secondary N) is 1. The molecule has 0 aliphatic carbocycles. The summed E-state index contributed by atoms with van der Waals surface area (Å²) < 4.78 is 11.4. The summed E-state index contributed by atoms with van der Waals surface area (Å²) in [6, 6.07) is 5.41. The summed E-state index contributed by atoms with van der Waals surface area (Å²) >= 11 is 6.72. The Hall–Kier alpha value is -2.98. The molecule has 0 saturated heterocycles. The fourth-order valence-corrected chi connectivity index (χ4v) is 5.66. The van der Waals surface area contributed by atoms with Crippen LogP contribution >= 0.6 is 11.6 Å². The summed E-state index contributed by atoms with van der Waals surface area (Å²) in [5, 5.41) is 17.8. The molecule has 2 aliphatic heterocycles. The highest BCUT2D eigenvalue weighted by atomic mass is 35.5. The van der Waals surface area contributed by atoms with E-state index in [2.05, 4.69) is 48.0 Å². The molecule has 10 heteroatoms. The number of benzene rings is 1. The van der Waals surface area contributed by atoms with Crippen LogP contribution in [-0.4, -0.2) is 83.2 Å². The fourth-order valence-electron chi connectivity index (χ4n) is 5.45. The minimum Gasteiger partial charge on any atom is -0.491 e. The van der Waals surface area contributed by atoms with Crippen LogP contribution in [0.25, 0.3) is 22.6 Å². The van der Waals surface area contributed by atoms with Crippen molar-refractivity contribution in [3.63, 3.8) is 0 Å². The molecule has 4 heterocycles. The smallest absolute Gasteiger partial charge is 0.163 e. The predicted octanol–water partition coefficient (Wildman–Crippen LogP) is 4.57. The van der Waals surface area contributed by atoms with E-state index in [-0.39, 0.29) is 12.1 Å². The molecule has 9 nitrogen and oxygen atoms in total. The number of aryl methyl sites for hydroxylation is 2. The molecule has 40 heavy (non-hydrogen) atoms. The van der Waals surface area contributed by atoms with Crippen LogP contribution in [0.15, 0.2) is 33.9 Å². The van der Waals surface area contributed by atoms with Gasteiger partial charge in [-0.1, -0.05) is 16.8 Å². The molecular formula is C30H39ClN6O3. The SMILES string of the molecule is CNCC(O)COc1ccc(Cl)c(-c2nc(-c3c(C)noc3C)c(C)c(N3CC4=C(C3)CN(C(C)(C)C)C4)n2)c1. The zero-order valence-electron chi connectivity index (χ0n) is 24.4. The lowest BCUT2D eigenvalue weighted by Crippen LogP contribution is -2.42. The highest BCUT2D eigenvalue weighted by Crippen LogP contribution is 2.39. The second-order valence-electron chi connectivity index (χ2n) is 11.8. The van der Waals surface area contributed by atoms with Gasteiger partial charge in [0.05, 0.1) is 22.0 Å². The number of ether oxygens (including phenoxy) is 1. The average molecular weight is 567 g/mol. The minimum atomic E-state index is -0.628. The summed E-state index contributed by atoms with van der Waals surface area (Å²) in [7, 11) is 1.79. The Morgan fingerprint density at radius 2 is 1.80 bits per heavy atom. The van der Waals surface area contributed by atoms with Crippen LogP contribution in [0.4, 0.5) is 5.82 Å². The Bertz CT molecular complexity index is 1410. The van der Waals surface area contributed by atoms with Gasteiger partial charge in [0.2, 0.25) is 0 Å². The average Bonchev–Trinajstić information content (AvgIpc) is 3.57. The van der Waals surface area contributed by atoms with Crippen molar-refractivity contribution >= 4 is 17.4 Å². The van der Waals surface area contributed by atoms with Gasteiger partial charge in [0.25, 0.3) is 0 Å². The number of rotatable bonds is 8. The van der Waals surface area contributed by atoms with Gasteiger partial charge >= 0.3 is 0 Å². The molecule has 1 aromatic carbocycles. The highest BCUT2D eigenvalue weighted by molar-refractivity contribution is 6.33. The van der Waals surface area contributed by atoms with E-state index < -0.39 is 6.10 Å². The molecule has 3 aromatic rings. The first-order chi connectivity index (χ1) is 19.0. The maximum atomic E-state index is 10.1. The number of aliphatic hydroxyl groups excluding tert-OH is 1. The van der Waals surface area contributed by atoms with Gasteiger partial charge in [-0.15, -0.1) is 0 Å². The standard InChI is InChI=1S/C30H39ClN6O3/c1-17-27(26-18(2)35-40-19(26)3)33-28(24-10-23(8-9-25(24)31)39-16-22(38)11-32-7)34-29(17)36-12-20-14-37(30(4,5)6)15-21(20)13-36/h8-10,22,32,38H,11-16H2,1-7H3. The number of anilines is 1. The molecule has 0 fully saturated rings. The first-order valence-corrected chi connectivity index (χ1v) is 14.1. The van der Waals surface area contributed by atoms with E-state index in [9.17, 15) is 5.11 Å². The van der Waals surface area contributed by atoms with Crippen molar-refractivity contribution in [3.05, 3.63) is 51.4 Å². The van der Waals surface area contributed by atoms with Crippen molar-refractivity contribution in [3.8, 4) is 28.4 Å². The maximum Gasteiger partial charge on any atom is 0.163 e. The second-order valence-corrected chi connectivity index (χ2v) is 12.2. The van der Waals surface area contributed by atoms with Gasteiger partial charge in [0.15, 0.2) is 5.82 Å². The molecule has 5 rings (SSSR count). The van der Waals surface area contributed by atoms with Crippen LogP contribution in [-0.2, 0) is 0 Å². The highest BCUT2D eigenvalue weighted by Gasteiger charge is 2.36. The molecule has 1 unspecified atom stereocenters. The van der Waals surface area contributed by atoms with Crippen molar-refractivity contribution in [1.82, 2.24) is 25.3 Å². The number of hydrogen-bond acceptors (Lipinski definition) is 9. The van der Waals surface area contributed by atoms with Gasteiger partial charge in [0, 0.05) is 49.4 Å². The largest absolute Gasteiger partial charge is 0.491 e. The third-order valence-corrected chi connectivity index (χ3v) is 8.06. The van der Waals surface area contributed by atoms with Gasteiger partial charge in [-0.2, -0.15) is 0 Å². The molecule has 2 aromatic heterocycles. The zero-order valence-corrected chi connectivity index (χ0v) is 25.2. The molecule has 0 bridgehead atoms. The van der Waals surface area contributed by atoms with Crippen molar-refractivity contribution in [1.29, 1.82) is 0 Å².